The fourth-order valence-electron chi connectivity index (χ4n) is 5.12. The smallest absolute Gasteiger partial charge is 0.249 e. The first-order valence-corrected chi connectivity index (χ1v) is 12.9. The Kier molecular flexibility index (Phi) is 6.31. The predicted octanol–water partition coefficient (Wildman–Crippen LogP) is 2.25. The van der Waals surface area contributed by atoms with Crippen molar-refractivity contribution in [3.05, 3.63) is 54.7 Å². The lowest BCUT2D eigenvalue weighted by Crippen LogP contribution is -2.28. The first kappa shape index (κ1) is 24.7. The van der Waals surface area contributed by atoms with Crippen LogP contribution in [0.1, 0.15) is 35.7 Å². The van der Waals surface area contributed by atoms with Gasteiger partial charge in [0.2, 0.25) is 17.7 Å². The van der Waals surface area contributed by atoms with Gasteiger partial charge < -0.3 is 20.8 Å². The minimum Gasteiger partial charge on any atom is -0.445 e. The molecule has 1 aromatic carbocycles. The molecule has 12 heteroatoms. The maximum atomic E-state index is 12.9. The van der Waals surface area contributed by atoms with Crippen LogP contribution in [0.5, 0.6) is 0 Å². The maximum Gasteiger partial charge on any atom is 0.249 e. The molecule has 1 saturated carbocycles. The van der Waals surface area contributed by atoms with Gasteiger partial charge in [0.15, 0.2) is 5.65 Å². The molecule has 4 heterocycles. The zero-order valence-corrected chi connectivity index (χ0v) is 21.5. The molecule has 3 aromatic heterocycles. The summed E-state index contributed by atoms with van der Waals surface area (Å²) in [7, 11) is 2.09. The summed E-state index contributed by atoms with van der Waals surface area (Å²) >= 11 is 0. The molecule has 0 spiro atoms. The third kappa shape index (κ3) is 4.74. The number of likely N-dealkylation sites (N-methyl/N-ethyl adjacent to an activating group) is 1. The Hall–Kier alpha value is -4.58. The number of fused-ring (bicyclic) bond motifs is 1. The van der Waals surface area contributed by atoms with Crippen molar-refractivity contribution in [2.45, 2.75) is 31.3 Å². The molecule has 4 N–H and O–H groups in total. The molecule has 1 aliphatic heterocycles. The summed E-state index contributed by atoms with van der Waals surface area (Å²) in [4.78, 5) is 41.9. The van der Waals surface area contributed by atoms with Crippen molar-refractivity contribution >= 4 is 28.7 Å². The average molecular weight is 528 g/mol. The Morgan fingerprint density at radius 1 is 1.21 bits per heavy atom. The van der Waals surface area contributed by atoms with E-state index >= 15 is 0 Å². The highest BCUT2D eigenvalue weighted by molar-refractivity contribution is 6.02. The SMILES string of the molecule is CN(CC=CC(=O)N1CC[C@@H](n2nc(-c3ccc(C(N)=O)c(-c4ncco4)c3)c3c(N)ncnc32)C1)C1CC1. The van der Waals surface area contributed by atoms with Crippen LogP contribution in [-0.2, 0) is 4.79 Å². The van der Waals surface area contributed by atoms with Gasteiger partial charge in [0, 0.05) is 37.3 Å². The standard InChI is InChI=1S/C27H29N9O3/c1-34(17-5-6-17)10-2-3-21(37)35-11-8-18(14-35)36-26-22(24(28)31-15-32-26)23(33-36)16-4-7-19(25(29)38)20(13-16)27-30-9-12-39-27/h2-4,7,9,12-13,15,17-18H,5-6,8,10-11,14H2,1H3,(H2,29,38)(H2,28,31,32)/t18-/m1/s1. The van der Waals surface area contributed by atoms with Crippen LogP contribution in [0.15, 0.2) is 53.6 Å². The number of hydrogen-bond donors (Lipinski definition) is 2. The number of nitrogens with two attached hydrogens (primary N) is 2. The van der Waals surface area contributed by atoms with Crippen LogP contribution in [0.2, 0.25) is 0 Å². The van der Waals surface area contributed by atoms with Gasteiger partial charge in [-0.3, -0.25) is 14.5 Å². The van der Waals surface area contributed by atoms with Crippen molar-refractivity contribution in [3.8, 4) is 22.7 Å². The Morgan fingerprint density at radius 2 is 2.05 bits per heavy atom. The quantitative estimate of drug-likeness (QED) is 0.327. The molecule has 0 radical (unpaired) electrons. The number of primary amides is 1. The van der Waals surface area contributed by atoms with Gasteiger partial charge in [0.05, 0.1) is 28.8 Å². The fraction of sp³-hybridized carbons (Fsp3) is 0.333. The number of likely N-dealkylation sites (tertiary alicyclic amines) is 1. The molecule has 2 fully saturated rings. The van der Waals surface area contributed by atoms with Gasteiger partial charge in [-0.25, -0.2) is 19.6 Å². The summed E-state index contributed by atoms with van der Waals surface area (Å²) in [6.07, 6.45) is 11.1. The van der Waals surface area contributed by atoms with Gasteiger partial charge in [0.1, 0.15) is 24.1 Å². The van der Waals surface area contributed by atoms with E-state index in [0.29, 0.717) is 47.0 Å². The molecular formula is C27H29N9O3. The molecule has 1 aliphatic carbocycles. The normalized spacial score (nSPS) is 17.6. The molecule has 1 saturated heterocycles. The van der Waals surface area contributed by atoms with Crippen molar-refractivity contribution < 1.29 is 14.0 Å². The van der Waals surface area contributed by atoms with Gasteiger partial charge >= 0.3 is 0 Å². The minimum atomic E-state index is -0.600. The molecule has 2 aliphatic rings. The molecule has 12 nitrogen and oxygen atoms in total. The number of carbonyl (C=O) groups is 2. The minimum absolute atomic E-state index is 0.00912. The van der Waals surface area contributed by atoms with Gasteiger partial charge in [-0.2, -0.15) is 5.10 Å². The maximum absolute atomic E-state index is 12.9. The van der Waals surface area contributed by atoms with E-state index in [9.17, 15) is 9.59 Å². The van der Waals surface area contributed by atoms with E-state index < -0.39 is 5.91 Å². The van der Waals surface area contributed by atoms with Crippen molar-refractivity contribution in [2.75, 3.05) is 32.4 Å². The summed E-state index contributed by atoms with van der Waals surface area (Å²) in [6.45, 7) is 1.89. The van der Waals surface area contributed by atoms with E-state index in [0.717, 1.165) is 13.0 Å². The molecular weight excluding hydrogens is 498 g/mol. The summed E-state index contributed by atoms with van der Waals surface area (Å²) in [5, 5.41) is 5.50. The first-order chi connectivity index (χ1) is 18.9. The van der Waals surface area contributed by atoms with E-state index in [1.165, 1.54) is 31.6 Å². The summed E-state index contributed by atoms with van der Waals surface area (Å²) in [5.74, 6) is -0.0615. The molecule has 2 amide bonds. The first-order valence-electron chi connectivity index (χ1n) is 12.9. The van der Waals surface area contributed by atoms with E-state index in [-0.39, 0.29) is 29.2 Å². The number of amides is 2. The van der Waals surface area contributed by atoms with E-state index in [2.05, 4.69) is 26.9 Å². The lowest BCUT2D eigenvalue weighted by Gasteiger charge is -2.16. The zero-order valence-electron chi connectivity index (χ0n) is 21.5. The molecule has 39 heavy (non-hydrogen) atoms. The van der Waals surface area contributed by atoms with E-state index in [1.807, 2.05) is 15.7 Å². The highest BCUT2D eigenvalue weighted by atomic mass is 16.3. The zero-order chi connectivity index (χ0) is 27.1. The number of hydrogen-bond acceptors (Lipinski definition) is 9. The number of rotatable bonds is 8. The van der Waals surface area contributed by atoms with Crippen LogP contribution in [0, 0.1) is 0 Å². The van der Waals surface area contributed by atoms with Crippen molar-refractivity contribution in [2.24, 2.45) is 5.73 Å². The van der Waals surface area contributed by atoms with Gasteiger partial charge in [0.25, 0.3) is 0 Å². The lowest BCUT2D eigenvalue weighted by atomic mass is 10.0. The molecule has 4 aromatic rings. The fourth-order valence-corrected chi connectivity index (χ4v) is 5.12. The number of nitrogens with zero attached hydrogens (tertiary/aromatic N) is 7. The summed E-state index contributed by atoms with van der Waals surface area (Å²) in [5.41, 5.74) is 14.4. The van der Waals surface area contributed by atoms with Crippen molar-refractivity contribution in [3.63, 3.8) is 0 Å². The second kappa shape index (κ2) is 9.95. The van der Waals surface area contributed by atoms with Crippen molar-refractivity contribution in [1.29, 1.82) is 0 Å². The number of oxazole rings is 1. The van der Waals surface area contributed by atoms with Gasteiger partial charge in [-0.15, -0.1) is 0 Å². The van der Waals surface area contributed by atoms with Crippen LogP contribution < -0.4 is 11.5 Å². The van der Waals surface area contributed by atoms with Crippen molar-refractivity contribution in [1.82, 2.24) is 34.5 Å². The Bertz CT molecular complexity index is 1570. The highest BCUT2D eigenvalue weighted by Gasteiger charge is 2.31. The highest BCUT2D eigenvalue weighted by Crippen LogP contribution is 2.36. The Labute approximate surface area is 224 Å². The van der Waals surface area contributed by atoms with Crippen LogP contribution in [0.4, 0.5) is 5.82 Å². The molecule has 0 unspecified atom stereocenters. The number of aromatic nitrogens is 5. The largest absolute Gasteiger partial charge is 0.445 e. The number of nitrogen functional groups attached to an aromatic ring is 1. The lowest BCUT2D eigenvalue weighted by molar-refractivity contribution is -0.125. The number of benzene rings is 1. The second-order valence-corrected chi connectivity index (χ2v) is 10.0. The van der Waals surface area contributed by atoms with Crippen LogP contribution in [-0.4, -0.2) is 79.1 Å². The number of anilines is 1. The molecule has 1 atom stereocenters. The second-order valence-electron chi connectivity index (χ2n) is 10.0. The predicted molar refractivity (Wildman–Crippen MR) is 144 cm³/mol. The summed E-state index contributed by atoms with van der Waals surface area (Å²) < 4.78 is 7.28. The van der Waals surface area contributed by atoms with E-state index in [4.69, 9.17) is 21.0 Å². The number of carbonyl (C=O) groups excluding carboxylic acids is 2. The monoisotopic (exact) mass is 527 g/mol. The topological polar surface area (TPSA) is 162 Å². The Balaban J connectivity index is 1.31. The average Bonchev–Trinajstić information content (AvgIpc) is 3.31. The van der Waals surface area contributed by atoms with Crippen LogP contribution >= 0.6 is 0 Å². The molecule has 200 valence electrons. The van der Waals surface area contributed by atoms with Gasteiger partial charge in [-0.1, -0.05) is 12.1 Å². The van der Waals surface area contributed by atoms with Crippen LogP contribution in [0.25, 0.3) is 33.7 Å². The molecule has 6 rings (SSSR count). The third-order valence-corrected chi connectivity index (χ3v) is 7.38. The Morgan fingerprint density at radius 3 is 2.79 bits per heavy atom. The summed E-state index contributed by atoms with van der Waals surface area (Å²) in [6, 6.07) is 5.68. The van der Waals surface area contributed by atoms with Crippen LogP contribution in [0.3, 0.4) is 0 Å². The third-order valence-electron chi connectivity index (χ3n) is 7.38. The van der Waals surface area contributed by atoms with Gasteiger partial charge in [-0.05, 0) is 38.4 Å². The van der Waals surface area contributed by atoms with E-state index in [1.54, 1.807) is 24.3 Å². The molecule has 0 bridgehead atoms.